The van der Waals surface area contributed by atoms with Crippen molar-refractivity contribution in [2.24, 2.45) is 5.92 Å². The minimum atomic E-state index is 0.116. The summed E-state index contributed by atoms with van der Waals surface area (Å²) in [5.74, 6) is 1.19. The first kappa shape index (κ1) is 12.9. The Labute approximate surface area is 115 Å². The van der Waals surface area contributed by atoms with Gasteiger partial charge in [0.1, 0.15) is 0 Å². The molecule has 0 radical (unpaired) electrons. The van der Waals surface area contributed by atoms with Gasteiger partial charge in [-0.25, -0.2) is 0 Å². The van der Waals surface area contributed by atoms with Gasteiger partial charge >= 0.3 is 0 Å². The summed E-state index contributed by atoms with van der Waals surface area (Å²) < 4.78 is 0. The van der Waals surface area contributed by atoms with Crippen LogP contribution in [0.2, 0.25) is 0 Å². The van der Waals surface area contributed by atoms with E-state index in [-0.39, 0.29) is 5.92 Å². The lowest BCUT2D eigenvalue weighted by Gasteiger charge is -2.19. The zero-order valence-electron chi connectivity index (χ0n) is 11.8. The Bertz CT molecular complexity index is 441. The summed E-state index contributed by atoms with van der Waals surface area (Å²) in [7, 11) is 0. The molecule has 3 rings (SSSR count). The molecule has 1 unspecified atom stereocenters. The number of carbonyl (C=O) groups is 1. The maximum Gasteiger partial charge on any atom is 0.166 e. The van der Waals surface area contributed by atoms with Gasteiger partial charge in [-0.2, -0.15) is 0 Å². The van der Waals surface area contributed by atoms with Crippen molar-refractivity contribution in [1.82, 2.24) is 4.90 Å². The molecule has 2 nitrogen and oxygen atoms in total. The Hall–Kier alpha value is -1.15. The molecule has 1 atom stereocenters. The van der Waals surface area contributed by atoms with Crippen LogP contribution in [0, 0.1) is 5.92 Å². The average molecular weight is 257 g/mol. The second kappa shape index (κ2) is 5.46. The summed E-state index contributed by atoms with van der Waals surface area (Å²) in [6.45, 7) is 5.31. The molecular formula is C17H23NO. The van der Waals surface area contributed by atoms with Crippen molar-refractivity contribution in [3.63, 3.8) is 0 Å². The highest BCUT2D eigenvalue weighted by Gasteiger charge is 2.24. The fourth-order valence-electron chi connectivity index (χ4n) is 3.06. The number of hydrogen-bond donors (Lipinski definition) is 0. The highest BCUT2D eigenvalue weighted by molar-refractivity contribution is 5.97. The zero-order valence-corrected chi connectivity index (χ0v) is 11.8. The molecule has 1 aliphatic heterocycles. The summed E-state index contributed by atoms with van der Waals surface area (Å²) in [4.78, 5) is 14.8. The molecule has 0 bridgehead atoms. The number of nitrogens with zero attached hydrogens (tertiary/aromatic N) is 1. The third-order valence-electron chi connectivity index (χ3n) is 4.42. The molecule has 1 aliphatic carbocycles. The van der Waals surface area contributed by atoms with Crippen LogP contribution in [0.15, 0.2) is 24.3 Å². The zero-order chi connectivity index (χ0) is 13.2. The third kappa shape index (κ3) is 3.06. The van der Waals surface area contributed by atoms with E-state index in [0.29, 0.717) is 5.78 Å². The summed E-state index contributed by atoms with van der Waals surface area (Å²) in [5, 5.41) is 0. The highest BCUT2D eigenvalue weighted by Crippen LogP contribution is 2.39. The smallest absolute Gasteiger partial charge is 0.166 e. The fraction of sp³-hybridized carbons (Fsp3) is 0.588. The van der Waals surface area contributed by atoms with Crippen molar-refractivity contribution < 1.29 is 4.79 Å². The standard InChI is InChI=1S/C17H23NO/c1-13(12-18-10-2-3-11-18)17(19)16-8-6-15(7-9-16)14-4-5-14/h6-9,13-14H,2-5,10-12H2,1H3. The summed E-state index contributed by atoms with van der Waals surface area (Å²) in [6, 6.07) is 8.34. The largest absolute Gasteiger partial charge is 0.303 e. The van der Waals surface area contributed by atoms with E-state index in [4.69, 9.17) is 0 Å². The summed E-state index contributed by atoms with van der Waals surface area (Å²) in [5.41, 5.74) is 2.29. The first-order valence-electron chi connectivity index (χ1n) is 7.60. The molecule has 1 saturated heterocycles. The highest BCUT2D eigenvalue weighted by atomic mass is 16.1. The summed E-state index contributed by atoms with van der Waals surface area (Å²) in [6.07, 6.45) is 5.21. The molecule has 0 spiro atoms. The molecule has 2 heteroatoms. The Morgan fingerprint density at radius 2 is 1.84 bits per heavy atom. The van der Waals surface area contributed by atoms with E-state index in [9.17, 15) is 4.79 Å². The lowest BCUT2D eigenvalue weighted by atomic mass is 9.97. The Morgan fingerprint density at radius 1 is 1.21 bits per heavy atom. The van der Waals surface area contributed by atoms with Crippen LogP contribution in [0.3, 0.4) is 0 Å². The Kier molecular flexibility index (Phi) is 3.69. The fourth-order valence-corrected chi connectivity index (χ4v) is 3.06. The molecule has 0 amide bonds. The minimum absolute atomic E-state index is 0.116. The van der Waals surface area contributed by atoms with E-state index in [0.717, 1.165) is 31.1 Å². The van der Waals surface area contributed by atoms with E-state index in [1.807, 2.05) is 12.1 Å². The van der Waals surface area contributed by atoms with E-state index in [2.05, 4.69) is 24.0 Å². The minimum Gasteiger partial charge on any atom is -0.303 e. The third-order valence-corrected chi connectivity index (χ3v) is 4.42. The van der Waals surface area contributed by atoms with Crippen molar-refractivity contribution in [2.45, 2.75) is 38.5 Å². The molecule has 1 saturated carbocycles. The number of benzene rings is 1. The van der Waals surface area contributed by atoms with Gasteiger partial charge in [-0.1, -0.05) is 31.2 Å². The van der Waals surface area contributed by atoms with Gasteiger partial charge in [0, 0.05) is 18.0 Å². The number of Topliss-reactive ketones (excluding diaryl/α,β-unsaturated/α-hetero) is 1. The molecule has 102 valence electrons. The number of ketones is 1. The number of hydrogen-bond acceptors (Lipinski definition) is 2. The quantitative estimate of drug-likeness (QED) is 0.753. The average Bonchev–Trinajstić information content (AvgIpc) is 3.17. The number of rotatable bonds is 5. The number of carbonyl (C=O) groups excluding carboxylic acids is 1. The Balaban J connectivity index is 1.61. The van der Waals surface area contributed by atoms with Gasteiger partial charge in [0.15, 0.2) is 5.78 Å². The molecule has 0 N–H and O–H groups in total. The van der Waals surface area contributed by atoms with Gasteiger partial charge in [0.05, 0.1) is 0 Å². The van der Waals surface area contributed by atoms with Gasteiger partial charge in [-0.05, 0) is 50.3 Å². The maximum absolute atomic E-state index is 12.4. The second-order valence-electron chi connectivity index (χ2n) is 6.17. The molecule has 2 aliphatic rings. The first-order valence-corrected chi connectivity index (χ1v) is 7.60. The molecular weight excluding hydrogens is 234 g/mol. The number of likely N-dealkylation sites (tertiary alicyclic amines) is 1. The SMILES string of the molecule is CC(CN1CCCC1)C(=O)c1ccc(C2CC2)cc1. The van der Waals surface area contributed by atoms with Crippen molar-refractivity contribution in [2.75, 3.05) is 19.6 Å². The van der Waals surface area contributed by atoms with Crippen molar-refractivity contribution >= 4 is 5.78 Å². The first-order chi connectivity index (χ1) is 9.24. The van der Waals surface area contributed by atoms with Crippen LogP contribution in [0.1, 0.15) is 54.4 Å². The molecule has 19 heavy (non-hydrogen) atoms. The van der Waals surface area contributed by atoms with Crippen LogP contribution in [0.25, 0.3) is 0 Å². The molecule has 1 aromatic carbocycles. The Morgan fingerprint density at radius 3 is 2.42 bits per heavy atom. The molecule has 2 fully saturated rings. The van der Waals surface area contributed by atoms with Crippen LogP contribution in [0.4, 0.5) is 0 Å². The van der Waals surface area contributed by atoms with E-state index < -0.39 is 0 Å². The summed E-state index contributed by atoms with van der Waals surface area (Å²) >= 11 is 0. The van der Waals surface area contributed by atoms with Gasteiger partial charge in [0.25, 0.3) is 0 Å². The molecule has 1 heterocycles. The second-order valence-corrected chi connectivity index (χ2v) is 6.17. The topological polar surface area (TPSA) is 20.3 Å². The van der Waals surface area contributed by atoms with Gasteiger partial charge in [-0.15, -0.1) is 0 Å². The molecule has 1 aromatic rings. The van der Waals surface area contributed by atoms with Gasteiger partial charge in [-0.3, -0.25) is 4.79 Å². The lowest BCUT2D eigenvalue weighted by molar-refractivity contribution is 0.0903. The van der Waals surface area contributed by atoms with Crippen molar-refractivity contribution in [3.8, 4) is 0 Å². The van der Waals surface area contributed by atoms with Gasteiger partial charge in [0.2, 0.25) is 0 Å². The van der Waals surface area contributed by atoms with E-state index >= 15 is 0 Å². The van der Waals surface area contributed by atoms with Crippen LogP contribution in [-0.4, -0.2) is 30.3 Å². The van der Waals surface area contributed by atoms with Crippen molar-refractivity contribution in [1.29, 1.82) is 0 Å². The molecule has 0 aromatic heterocycles. The van der Waals surface area contributed by atoms with Crippen LogP contribution in [0.5, 0.6) is 0 Å². The lowest BCUT2D eigenvalue weighted by Crippen LogP contribution is -2.29. The maximum atomic E-state index is 12.4. The van der Waals surface area contributed by atoms with Crippen LogP contribution in [-0.2, 0) is 0 Å². The normalized spacial score (nSPS) is 21.5. The van der Waals surface area contributed by atoms with Crippen LogP contribution >= 0.6 is 0 Å². The van der Waals surface area contributed by atoms with Crippen LogP contribution < -0.4 is 0 Å². The van der Waals surface area contributed by atoms with Gasteiger partial charge < -0.3 is 4.90 Å². The van der Waals surface area contributed by atoms with E-state index in [1.54, 1.807) is 0 Å². The van der Waals surface area contributed by atoms with Crippen molar-refractivity contribution in [3.05, 3.63) is 35.4 Å². The predicted octanol–water partition coefficient (Wildman–Crippen LogP) is 3.48. The monoisotopic (exact) mass is 257 g/mol. The predicted molar refractivity (Wildman–Crippen MR) is 77.6 cm³/mol. The van der Waals surface area contributed by atoms with E-state index in [1.165, 1.54) is 31.2 Å².